The van der Waals surface area contributed by atoms with E-state index in [1.54, 1.807) is 0 Å². The Morgan fingerprint density at radius 1 is 0.871 bits per heavy atom. The van der Waals surface area contributed by atoms with Crippen LogP contribution in [0.15, 0.2) is 91.0 Å². The zero-order valence-electron chi connectivity index (χ0n) is 17.8. The number of benzene rings is 3. The normalized spacial score (nSPS) is 14.0. The number of carbonyl (C=O) groups excluding carboxylic acids is 1. The van der Waals surface area contributed by atoms with E-state index in [4.69, 9.17) is 0 Å². The van der Waals surface area contributed by atoms with Gasteiger partial charge in [0.05, 0.1) is 5.56 Å². The van der Waals surface area contributed by atoms with Crippen LogP contribution >= 0.6 is 0 Å². The third-order valence-electron chi connectivity index (χ3n) is 6.27. The van der Waals surface area contributed by atoms with Crippen LogP contribution in [0.1, 0.15) is 33.6 Å². The van der Waals surface area contributed by atoms with E-state index < -0.39 is 0 Å². The van der Waals surface area contributed by atoms with Crippen molar-refractivity contribution < 1.29 is 4.79 Å². The molecule has 0 saturated carbocycles. The van der Waals surface area contributed by atoms with Gasteiger partial charge in [-0.25, -0.2) is 0 Å². The summed E-state index contributed by atoms with van der Waals surface area (Å²) in [7, 11) is 0. The molecule has 2 heterocycles. The van der Waals surface area contributed by atoms with Gasteiger partial charge >= 0.3 is 0 Å². The molecule has 1 aliphatic rings. The minimum atomic E-state index is 0.129. The van der Waals surface area contributed by atoms with Crippen molar-refractivity contribution in [1.82, 2.24) is 9.47 Å². The Morgan fingerprint density at radius 3 is 2.26 bits per heavy atom. The third-order valence-corrected chi connectivity index (χ3v) is 6.27. The standard InChI is InChI=1S/C28H26N2O/c1-21-27(28(31)29-18-16-24(17-19-29)23-12-6-3-7-13-23)25-14-8-9-15-26(25)30(21)20-22-10-4-2-5-11-22/h2-16H,17-20H2,1H3. The Morgan fingerprint density at radius 2 is 1.55 bits per heavy atom. The molecule has 3 heteroatoms. The highest BCUT2D eigenvalue weighted by Crippen LogP contribution is 2.30. The lowest BCUT2D eigenvalue weighted by Gasteiger charge is -2.27. The van der Waals surface area contributed by atoms with Crippen LogP contribution in [-0.4, -0.2) is 28.5 Å². The second-order valence-corrected chi connectivity index (χ2v) is 8.15. The van der Waals surface area contributed by atoms with E-state index >= 15 is 0 Å². The van der Waals surface area contributed by atoms with Crippen molar-refractivity contribution in [3.05, 3.63) is 113 Å². The molecule has 3 aromatic carbocycles. The van der Waals surface area contributed by atoms with E-state index in [2.05, 4.69) is 78.2 Å². The molecule has 0 bridgehead atoms. The molecule has 154 valence electrons. The average Bonchev–Trinajstić information content (AvgIpc) is 3.11. The van der Waals surface area contributed by atoms with E-state index in [0.717, 1.165) is 41.7 Å². The summed E-state index contributed by atoms with van der Waals surface area (Å²) >= 11 is 0. The van der Waals surface area contributed by atoms with E-state index in [0.29, 0.717) is 6.54 Å². The molecule has 5 rings (SSSR count). The number of aromatic nitrogens is 1. The van der Waals surface area contributed by atoms with Gasteiger partial charge in [-0.1, -0.05) is 84.9 Å². The molecule has 0 fully saturated rings. The fraction of sp³-hybridized carbons (Fsp3) is 0.179. The maximum atomic E-state index is 13.6. The number of fused-ring (bicyclic) bond motifs is 1. The van der Waals surface area contributed by atoms with Crippen molar-refractivity contribution in [2.45, 2.75) is 19.9 Å². The lowest BCUT2D eigenvalue weighted by molar-refractivity contribution is 0.0774. The van der Waals surface area contributed by atoms with Crippen molar-refractivity contribution >= 4 is 22.4 Å². The second kappa shape index (κ2) is 8.27. The molecule has 31 heavy (non-hydrogen) atoms. The molecule has 1 amide bonds. The number of nitrogens with zero attached hydrogens (tertiary/aromatic N) is 2. The number of hydrogen-bond donors (Lipinski definition) is 0. The van der Waals surface area contributed by atoms with Crippen LogP contribution in [0.2, 0.25) is 0 Å². The quantitative estimate of drug-likeness (QED) is 0.412. The molecule has 0 spiro atoms. The van der Waals surface area contributed by atoms with Crippen molar-refractivity contribution in [3.8, 4) is 0 Å². The fourth-order valence-electron chi connectivity index (χ4n) is 4.60. The summed E-state index contributed by atoms with van der Waals surface area (Å²) in [4.78, 5) is 15.6. The average molecular weight is 407 g/mol. The van der Waals surface area contributed by atoms with Crippen LogP contribution in [0.4, 0.5) is 0 Å². The summed E-state index contributed by atoms with van der Waals surface area (Å²) in [6.45, 7) is 4.24. The molecule has 4 aromatic rings. The molecule has 0 N–H and O–H groups in total. The highest BCUT2D eigenvalue weighted by Gasteiger charge is 2.25. The summed E-state index contributed by atoms with van der Waals surface area (Å²) < 4.78 is 2.27. The molecule has 0 atom stereocenters. The molecule has 1 aromatic heterocycles. The lowest BCUT2D eigenvalue weighted by Crippen LogP contribution is -2.35. The van der Waals surface area contributed by atoms with Gasteiger partial charge in [-0.2, -0.15) is 0 Å². The highest BCUT2D eigenvalue weighted by atomic mass is 16.2. The van der Waals surface area contributed by atoms with Gasteiger partial charge in [0.2, 0.25) is 0 Å². The first-order chi connectivity index (χ1) is 15.2. The van der Waals surface area contributed by atoms with Gasteiger partial charge in [0.25, 0.3) is 5.91 Å². The molecule has 0 aliphatic carbocycles. The summed E-state index contributed by atoms with van der Waals surface area (Å²) in [6, 6.07) is 29.2. The predicted octanol–water partition coefficient (Wildman–Crippen LogP) is 5.93. The number of rotatable bonds is 4. The van der Waals surface area contributed by atoms with E-state index in [-0.39, 0.29) is 5.91 Å². The van der Waals surface area contributed by atoms with Crippen molar-refractivity contribution in [3.63, 3.8) is 0 Å². The summed E-state index contributed by atoms with van der Waals surface area (Å²) in [5.74, 6) is 0.129. The number of amides is 1. The first-order valence-electron chi connectivity index (χ1n) is 10.9. The maximum absolute atomic E-state index is 13.6. The molecule has 1 aliphatic heterocycles. The van der Waals surface area contributed by atoms with Gasteiger partial charge < -0.3 is 9.47 Å². The van der Waals surface area contributed by atoms with Crippen molar-refractivity contribution in [2.24, 2.45) is 0 Å². The SMILES string of the molecule is Cc1c(C(=O)N2CC=C(c3ccccc3)CC2)c2ccccc2n1Cc1ccccc1. The van der Waals surface area contributed by atoms with Crippen LogP contribution in [0.25, 0.3) is 16.5 Å². The first kappa shape index (κ1) is 19.4. The van der Waals surface area contributed by atoms with Gasteiger partial charge in [-0.15, -0.1) is 0 Å². The van der Waals surface area contributed by atoms with Crippen molar-refractivity contribution in [2.75, 3.05) is 13.1 Å². The monoisotopic (exact) mass is 406 g/mol. The van der Waals surface area contributed by atoms with Gasteiger partial charge in [0.15, 0.2) is 0 Å². The van der Waals surface area contributed by atoms with Gasteiger partial charge in [0, 0.05) is 36.2 Å². The molecule has 0 unspecified atom stereocenters. The second-order valence-electron chi connectivity index (χ2n) is 8.15. The highest BCUT2D eigenvalue weighted by molar-refractivity contribution is 6.08. The predicted molar refractivity (Wildman–Crippen MR) is 127 cm³/mol. The Hall–Kier alpha value is -3.59. The molecular formula is C28H26N2O. The third kappa shape index (κ3) is 3.68. The molecule has 0 radical (unpaired) electrons. The largest absolute Gasteiger partial charge is 0.340 e. The van der Waals surface area contributed by atoms with Crippen LogP contribution in [0.5, 0.6) is 0 Å². The minimum Gasteiger partial charge on any atom is -0.340 e. The van der Waals surface area contributed by atoms with E-state index in [1.807, 2.05) is 29.2 Å². The van der Waals surface area contributed by atoms with Gasteiger partial charge in [-0.05, 0) is 36.1 Å². The smallest absolute Gasteiger partial charge is 0.256 e. The zero-order valence-corrected chi connectivity index (χ0v) is 17.8. The van der Waals surface area contributed by atoms with Crippen LogP contribution < -0.4 is 0 Å². The van der Waals surface area contributed by atoms with Crippen LogP contribution in [-0.2, 0) is 6.54 Å². The number of para-hydroxylation sites is 1. The van der Waals surface area contributed by atoms with Gasteiger partial charge in [-0.3, -0.25) is 4.79 Å². The van der Waals surface area contributed by atoms with Crippen molar-refractivity contribution in [1.29, 1.82) is 0 Å². The number of hydrogen-bond acceptors (Lipinski definition) is 1. The Labute approximate surface area is 183 Å². The van der Waals surface area contributed by atoms with Gasteiger partial charge in [0.1, 0.15) is 0 Å². The van der Waals surface area contributed by atoms with E-state index in [1.165, 1.54) is 16.7 Å². The fourth-order valence-corrected chi connectivity index (χ4v) is 4.60. The van der Waals surface area contributed by atoms with Crippen LogP contribution in [0.3, 0.4) is 0 Å². The Kier molecular flexibility index (Phi) is 5.17. The molecular weight excluding hydrogens is 380 g/mol. The summed E-state index contributed by atoms with van der Waals surface area (Å²) in [5.41, 5.74) is 6.80. The van der Waals surface area contributed by atoms with Crippen LogP contribution in [0, 0.1) is 6.92 Å². The lowest BCUT2D eigenvalue weighted by atomic mass is 9.99. The minimum absolute atomic E-state index is 0.129. The first-order valence-corrected chi connectivity index (χ1v) is 10.9. The zero-order chi connectivity index (χ0) is 21.2. The number of carbonyl (C=O) groups is 1. The molecule has 3 nitrogen and oxygen atoms in total. The summed E-state index contributed by atoms with van der Waals surface area (Å²) in [5, 5.41) is 1.04. The topological polar surface area (TPSA) is 25.2 Å². The maximum Gasteiger partial charge on any atom is 0.256 e. The molecule has 0 saturated heterocycles. The Bertz CT molecular complexity index is 1250. The summed E-state index contributed by atoms with van der Waals surface area (Å²) in [6.07, 6.45) is 3.09. The Balaban J connectivity index is 1.47. The van der Waals surface area contributed by atoms with E-state index in [9.17, 15) is 4.79 Å².